The van der Waals surface area contributed by atoms with Gasteiger partial charge < -0.3 is 0 Å². The summed E-state index contributed by atoms with van der Waals surface area (Å²) in [6.45, 7) is 1.76. The highest BCUT2D eigenvalue weighted by molar-refractivity contribution is 6.33. The molecular formula is C15H11ClF2O. The average Bonchev–Trinajstić information content (AvgIpc) is 2.41. The molecule has 0 saturated carbocycles. The summed E-state index contributed by atoms with van der Waals surface area (Å²) in [6.07, 6.45) is 0. The van der Waals surface area contributed by atoms with Crippen LogP contribution in [0.5, 0.6) is 0 Å². The normalized spacial score (nSPS) is 12.2. The third-order valence-electron chi connectivity index (χ3n) is 2.78. The van der Waals surface area contributed by atoms with E-state index in [1.54, 1.807) is 13.0 Å². The molecule has 2 aromatic carbocycles. The summed E-state index contributed by atoms with van der Waals surface area (Å²) in [5, 5.41) is -1.03. The van der Waals surface area contributed by atoms with Crippen molar-refractivity contribution in [3.8, 4) is 0 Å². The highest BCUT2D eigenvalue weighted by atomic mass is 35.5. The lowest BCUT2D eigenvalue weighted by Gasteiger charge is -2.10. The van der Waals surface area contributed by atoms with E-state index in [-0.39, 0.29) is 5.56 Å². The SMILES string of the molecule is Cc1ccc(F)c(C(=O)C(Cl)c2ccc(F)cc2)c1. The summed E-state index contributed by atoms with van der Waals surface area (Å²) < 4.78 is 26.4. The van der Waals surface area contributed by atoms with Crippen LogP contribution in [-0.2, 0) is 0 Å². The molecule has 98 valence electrons. The molecule has 0 radical (unpaired) electrons. The fourth-order valence-electron chi connectivity index (χ4n) is 1.75. The van der Waals surface area contributed by atoms with E-state index in [1.807, 2.05) is 0 Å². The third-order valence-corrected chi connectivity index (χ3v) is 3.23. The van der Waals surface area contributed by atoms with Crippen molar-refractivity contribution in [1.29, 1.82) is 0 Å². The molecule has 2 rings (SSSR count). The Morgan fingerprint density at radius 2 is 1.74 bits per heavy atom. The van der Waals surface area contributed by atoms with Gasteiger partial charge in [-0.15, -0.1) is 11.6 Å². The second kappa shape index (κ2) is 5.49. The lowest BCUT2D eigenvalue weighted by atomic mass is 10.0. The van der Waals surface area contributed by atoms with Crippen molar-refractivity contribution in [2.75, 3.05) is 0 Å². The Bertz CT molecular complexity index is 608. The maximum atomic E-state index is 13.6. The van der Waals surface area contributed by atoms with Crippen molar-refractivity contribution < 1.29 is 13.6 Å². The number of carbonyl (C=O) groups excluding carboxylic acids is 1. The van der Waals surface area contributed by atoms with Crippen LogP contribution >= 0.6 is 11.6 Å². The van der Waals surface area contributed by atoms with E-state index in [0.717, 1.165) is 5.56 Å². The molecule has 0 heterocycles. The Labute approximate surface area is 114 Å². The highest BCUT2D eigenvalue weighted by Crippen LogP contribution is 2.26. The van der Waals surface area contributed by atoms with Crippen LogP contribution in [0.2, 0.25) is 0 Å². The summed E-state index contributed by atoms with van der Waals surface area (Å²) in [5.74, 6) is -1.56. The molecule has 1 nitrogen and oxygen atoms in total. The Morgan fingerprint density at radius 3 is 2.37 bits per heavy atom. The molecule has 0 bridgehead atoms. The van der Waals surface area contributed by atoms with E-state index in [0.29, 0.717) is 5.56 Å². The van der Waals surface area contributed by atoms with Gasteiger partial charge >= 0.3 is 0 Å². The number of Topliss-reactive ketones (excluding diaryl/α,β-unsaturated/α-hetero) is 1. The van der Waals surface area contributed by atoms with Gasteiger partial charge in [0.15, 0.2) is 5.78 Å². The molecule has 4 heteroatoms. The van der Waals surface area contributed by atoms with Gasteiger partial charge in [-0.2, -0.15) is 0 Å². The number of benzene rings is 2. The first kappa shape index (κ1) is 13.7. The quantitative estimate of drug-likeness (QED) is 0.600. The molecule has 0 spiro atoms. The van der Waals surface area contributed by atoms with Crippen LogP contribution in [0, 0.1) is 18.6 Å². The van der Waals surface area contributed by atoms with Gasteiger partial charge in [0.1, 0.15) is 17.0 Å². The van der Waals surface area contributed by atoms with Crippen molar-refractivity contribution in [1.82, 2.24) is 0 Å². The largest absolute Gasteiger partial charge is 0.292 e. The molecule has 0 aromatic heterocycles. The Hall–Kier alpha value is -1.74. The van der Waals surface area contributed by atoms with Gasteiger partial charge in [-0.05, 0) is 36.8 Å². The van der Waals surface area contributed by atoms with Gasteiger partial charge in [0.05, 0.1) is 5.56 Å². The molecule has 1 atom stereocenters. The number of aryl methyl sites for hydroxylation is 1. The van der Waals surface area contributed by atoms with Crippen LogP contribution in [0.25, 0.3) is 0 Å². The molecule has 2 aromatic rings. The fraction of sp³-hybridized carbons (Fsp3) is 0.133. The maximum Gasteiger partial charge on any atom is 0.188 e. The minimum Gasteiger partial charge on any atom is -0.292 e. The number of halogens is 3. The number of hydrogen-bond donors (Lipinski definition) is 0. The van der Waals surface area contributed by atoms with Gasteiger partial charge in [-0.1, -0.05) is 23.8 Å². The van der Waals surface area contributed by atoms with E-state index in [4.69, 9.17) is 11.6 Å². The fourth-order valence-corrected chi connectivity index (χ4v) is 2.01. The Morgan fingerprint density at radius 1 is 1.11 bits per heavy atom. The smallest absolute Gasteiger partial charge is 0.188 e. The first-order chi connectivity index (χ1) is 8.99. The van der Waals surface area contributed by atoms with Crippen LogP contribution in [0.4, 0.5) is 8.78 Å². The van der Waals surface area contributed by atoms with Gasteiger partial charge in [0.2, 0.25) is 0 Å². The van der Waals surface area contributed by atoms with Crippen LogP contribution < -0.4 is 0 Å². The van der Waals surface area contributed by atoms with E-state index >= 15 is 0 Å². The molecule has 0 amide bonds. The summed E-state index contributed by atoms with van der Waals surface area (Å²) in [7, 11) is 0. The summed E-state index contributed by atoms with van der Waals surface area (Å²) >= 11 is 6.03. The lowest BCUT2D eigenvalue weighted by Crippen LogP contribution is -2.10. The van der Waals surface area contributed by atoms with Crippen LogP contribution in [0.15, 0.2) is 42.5 Å². The zero-order chi connectivity index (χ0) is 14.0. The Balaban J connectivity index is 2.33. The van der Waals surface area contributed by atoms with Crippen molar-refractivity contribution in [2.24, 2.45) is 0 Å². The van der Waals surface area contributed by atoms with E-state index in [1.165, 1.54) is 36.4 Å². The Kier molecular flexibility index (Phi) is 3.96. The summed E-state index contributed by atoms with van der Waals surface area (Å²) in [5.41, 5.74) is 1.16. The highest BCUT2D eigenvalue weighted by Gasteiger charge is 2.22. The predicted molar refractivity (Wildman–Crippen MR) is 70.5 cm³/mol. The van der Waals surface area contributed by atoms with Gasteiger partial charge in [-0.3, -0.25) is 4.79 Å². The zero-order valence-electron chi connectivity index (χ0n) is 10.2. The van der Waals surface area contributed by atoms with E-state index in [2.05, 4.69) is 0 Å². The second-order valence-electron chi connectivity index (χ2n) is 4.26. The van der Waals surface area contributed by atoms with Crippen molar-refractivity contribution in [2.45, 2.75) is 12.3 Å². The first-order valence-corrected chi connectivity index (χ1v) is 6.12. The van der Waals surface area contributed by atoms with Crippen LogP contribution in [0.1, 0.15) is 26.9 Å². The average molecular weight is 281 g/mol. The van der Waals surface area contributed by atoms with Gasteiger partial charge in [0.25, 0.3) is 0 Å². The number of ketones is 1. The molecule has 0 N–H and O–H groups in total. The van der Waals surface area contributed by atoms with Gasteiger partial charge in [-0.25, -0.2) is 8.78 Å². The zero-order valence-corrected chi connectivity index (χ0v) is 10.9. The number of carbonyl (C=O) groups is 1. The molecule has 0 fully saturated rings. The van der Waals surface area contributed by atoms with Crippen molar-refractivity contribution in [3.63, 3.8) is 0 Å². The molecule has 19 heavy (non-hydrogen) atoms. The predicted octanol–water partition coefficient (Wildman–Crippen LogP) is 4.44. The van der Waals surface area contributed by atoms with Crippen LogP contribution in [-0.4, -0.2) is 5.78 Å². The third kappa shape index (κ3) is 2.99. The number of alkyl halides is 1. The van der Waals surface area contributed by atoms with E-state index < -0.39 is 22.8 Å². The molecular weight excluding hydrogens is 270 g/mol. The molecule has 0 aliphatic carbocycles. The topological polar surface area (TPSA) is 17.1 Å². The number of hydrogen-bond acceptors (Lipinski definition) is 1. The van der Waals surface area contributed by atoms with Crippen molar-refractivity contribution >= 4 is 17.4 Å². The first-order valence-electron chi connectivity index (χ1n) is 5.69. The van der Waals surface area contributed by atoms with E-state index in [9.17, 15) is 13.6 Å². The second-order valence-corrected chi connectivity index (χ2v) is 4.70. The monoisotopic (exact) mass is 280 g/mol. The maximum absolute atomic E-state index is 13.6. The molecule has 0 saturated heterocycles. The standard InChI is InChI=1S/C15H11ClF2O/c1-9-2-7-13(18)12(8-9)15(19)14(16)10-3-5-11(17)6-4-10/h2-8,14H,1H3. The lowest BCUT2D eigenvalue weighted by molar-refractivity contribution is 0.0983. The van der Waals surface area contributed by atoms with Gasteiger partial charge in [0, 0.05) is 0 Å². The minimum absolute atomic E-state index is 0.0516. The number of rotatable bonds is 3. The minimum atomic E-state index is -1.03. The van der Waals surface area contributed by atoms with Crippen molar-refractivity contribution in [3.05, 3.63) is 70.8 Å². The molecule has 1 unspecified atom stereocenters. The van der Waals surface area contributed by atoms with Crippen LogP contribution in [0.3, 0.4) is 0 Å². The molecule has 0 aliphatic heterocycles. The molecule has 0 aliphatic rings. The summed E-state index contributed by atoms with van der Waals surface area (Å²) in [6, 6.07) is 9.52. The summed E-state index contributed by atoms with van der Waals surface area (Å²) in [4.78, 5) is 12.1.